The van der Waals surface area contributed by atoms with Crippen molar-refractivity contribution < 1.29 is 14.6 Å². The Morgan fingerprint density at radius 1 is 1.50 bits per heavy atom. The van der Waals surface area contributed by atoms with Crippen LogP contribution >= 0.6 is 0 Å². The largest absolute Gasteiger partial charge is 0.480 e. The molecule has 94 valence electrons. The predicted octanol–water partition coefficient (Wildman–Crippen LogP) is 0.114. The van der Waals surface area contributed by atoms with Crippen LogP contribution in [0.1, 0.15) is 12.8 Å². The number of rotatable bonds is 6. The van der Waals surface area contributed by atoms with Crippen molar-refractivity contribution in [1.82, 2.24) is 9.80 Å². The van der Waals surface area contributed by atoms with E-state index < -0.39 is 5.97 Å². The molecular weight excluding hydrogens is 208 g/mol. The van der Waals surface area contributed by atoms with Gasteiger partial charge in [-0.25, -0.2) is 0 Å². The molecule has 1 aliphatic rings. The van der Waals surface area contributed by atoms with Gasteiger partial charge in [-0.3, -0.25) is 9.69 Å². The second-order valence-corrected chi connectivity index (χ2v) is 4.39. The van der Waals surface area contributed by atoms with Crippen molar-refractivity contribution in [2.24, 2.45) is 0 Å². The fourth-order valence-corrected chi connectivity index (χ4v) is 2.13. The zero-order valence-corrected chi connectivity index (χ0v) is 10.2. The number of carboxylic acids is 1. The highest BCUT2D eigenvalue weighted by molar-refractivity contribution is 5.69. The molecule has 1 fully saturated rings. The molecule has 0 spiro atoms. The van der Waals surface area contributed by atoms with Gasteiger partial charge in [0.2, 0.25) is 0 Å². The second kappa shape index (κ2) is 6.83. The van der Waals surface area contributed by atoms with Crippen LogP contribution in [0.25, 0.3) is 0 Å². The van der Waals surface area contributed by atoms with E-state index in [1.165, 1.54) is 0 Å². The summed E-state index contributed by atoms with van der Waals surface area (Å²) in [5.41, 5.74) is 0. The molecule has 5 heteroatoms. The van der Waals surface area contributed by atoms with E-state index >= 15 is 0 Å². The highest BCUT2D eigenvalue weighted by Gasteiger charge is 2.24. The lowest BCUT2D eigenvalue weighted by molar-refractivity contribution is -0.139. The summed E-state index contributed by atoms with van der Waals surface area (Å²) in [6.07, 6.45) is 2.10. The molecular formula is C11H22N2O3. The molecule has 16 heavy (non-hydrogen) atoms. The summed E-state index contributed by atoms with van der Waals surface area (Å²) in [5, 5.41) is 8.87. The molecule has 0 aliphatic carbocycles. The molecule has 0 saturated carbocycles. The average Bonchev–Trinajstić information content (AvgIpc) is 2.25. The van der Waals surface area contributed by atoms with Crippen LogP contribution in [0, 0.1) is 0 Å². The van der Waals surface area contributed by atoms with Gasteiger partial charge >= 0.3 is 5.97 Å². The van der Waals surface area contributed by atoms with Crippen molar-refractivity contribution in [2.45, 2.75) is 18.9 Å². The standard InChI is InChI=1S/C11H22N2O3/c1-12-5-3-10(4-6-12)13(7-8-16-2)9-11(14)15/h10H,3-9H2,1-2H3,(H,14,15). The van der Waals surface area contributed by atoms with Gasteiger partial charge in [-0.05, 0) is 33.0 Å². The summed E-state index contributed by atoms with van der Waals surface area (Å²) < 4.78 is 5.02. The molecule has 0 aromatic heterocycles. The summed E-state index contributed by atoms with van der Waals surface area (Å²) in [4.78, 5) is 15.1. The smallest absolute Gasteiger partial charge is 0.317 e. The number of hydrogen-bond acceptors (Lipinski definition) is 4. The van der Waals surface area contributed by atoms with Crippen LogP contribution < -0.4 is 0 Å². The van der Waals surface area contributed by atoms with Gasteiger partial charge in [-0.1, -0.05) is 0 Å². The van der Waals surface area contributed by atoms with Crippen LogP contribution in [0.2, 0.25) is 0 Å². The maximum atomic E-state index is 10.8. The highest BCUT2D eigenvalue weighted by atomic mass is 16.5. The fraction of sp³-hybridized carbons (Fsp3) is 0.909. The van der Waals surface area contributed by atoms with Crippen molar-refractivity contribution in [3.63, 3.8) is 0 Å². The summed E-state index contributed by atoms with van der Waals surface area (Å²) in [7, 11) is 3.75. The molecule has 0 radical (unpaired) electrons. The Balaban J connectivity index is 2.43. The number of ether oxygens (including phenoxy) is 1. The van der Waals surface area contributed by atoms with Crippen molar-refractivity contribution in [1.29, 1.82) is 0 Å². The molecule has 1 rings (SSSR count). The summed E-state index contributed by atoms with van der Waals surface area (Å²) in [6, 6.07) is 0.391. The van der Waals surface area contributed by atoms with E-state index in [0.29, 0.717) is 19.2 Å². The summed E-state index contributed by atoms with van der Waals surface area (Å²) in [5.74, 6) is -0.755. The second-order valence-electron chi connectivity index (χ2n) is 4.39. The highest BCUT2D eigenvalue weighted by Crippen LogP contribution is 2.15. The lowest BCUT2D eigenvalue weighted by atomic mass is 10.0. The molecule has 1 heterocycles. The zero-order chi connectivity index (χ0) is 12.0. The van der Waals surface area contributed by atoms with Gasteiger partial charge in [-0.2, -0.15) is 0 Å². The summed E-state index contributed by atoms with van der Waals surface area (Å²) in [6.45, 7) is 3.52. The van der Waals surface area contributed by atoms with E-state index in [4.69, 9.17) is 9.84 Å². The average molecular weight is 230 g/mol. The molecule has 1 N–H and O–H groups in total. The number of piperidine rings is 1. The molecule has 1 saturated heterocycles. The first kappa shape index (κ1) is 13.4. The Kier molecular flexibility index (Phi) is 5.73. The molecule has 0 amide bonds. The molecule has 0 atom stereocenters. The topological polar surface area (TPSA) is 53.0 Å². The molecule has 0 bridgehead atoms. The van der Waals surface area contributed by atoms with Gasteiger partial charge in [0.05, 0.1) is 13.2 Å². The molecule has 0 aromatic rings. The van der Waals surface area contributed by atoms with E-state index in [9.17, 15) is 4.79 Å². The minimum absolute atomic E-state index is 0.123. The van der Waals surface area contributed by atoms with E-state index in [0.717, 1.165) is 25.9 Å². The Labute approximate surface area is 97.0 Å². The van der Waals surface area contributed by atoms with Gasteiger partial charge in [0.1, 0.15) is 0 Å². The maximum Gasteiger partial charge on any atom is 0.317 e. The minimum Gasteiger partial charge on any atom is -0.480 e. The van der Waals surface area contributed by atoms with Crippen LogP contribution in [-0.2, 0) is 9.53 Å². The number of methoxy groups -OCH3 is 1. The summed E-state index contributed by atoms with van der Waals surface area (Å²) >= 11 is 0. The van der Waals surface area contributed by atoms with Gasteiger partial charge in [-0.15, -0.1) is 0 Å². The number of hydrogen-bond donors (Lipinski definition) is 1. The predicted molar refractivity (Wildman–Crippen MR) is 61.6 cm³/mol. The van der Waals surface area contributed by atoms with Crippen LogP contribution in [0.15, 0.2) is 0 Å². The lowest BCUT2D eigenvalue weighted by Crippen LogP contribution is -2.46. The third-order valence-electron chi connectivity index (χ3n) is 3.13. The van der Waals surface area contributed by atoms with Crippen LogP contribution in [0.3, 0.4) is 0 Å². The lowest BCUT2D eigenvalue weighted by Gasteiger charge is -2.36. The monoisotopic (exact) mass is 230 g/mol. The van der Waals surface area contributed by atoms with Crippen molar-refractivity contribution in [3.05, 3.63) is 0 Å². The Bertz CT molecular complexity index is 215. The third-order valence-corrected chi connectivity index (χ3v) is 3.13. The quantitative estimate of drug-likeness (QED) is 0.702. The minimum atomic E-state index is -0.755. The normalized spacial score (nSPS) is 19.2. The molecule has 5 nitrogen and oxygen atoms in total. The van der Waals surface area contributed by atoms with E-state index in [1.807, 2.05) is 4.90 Å². The first-order chi connectivity index (χ1) is 7.63. The number of aliphatic carboxylic acids is 1. The Morgan fingerprint density at radius 3 is 2.62 bits per heavy atom. The van der Waals surface area contributed by atoms with Crippen molar-refractivity contribution in [2.75, 3.05) is 46.9 Å². The number of carbonyl (C=O) groups is 1. The van der Waals surface area contributed by atoms with Crippen molar-refractivity contribution >= 4 is 5.97 Å². The van der Waals surface area contributed by atoms with Crippen LogP contribution in [0.4, 0.5) is 0 Å². The zero-order valence-electron chi connectivity index (χ0n) is 10.2. The van der Waals surface area contributed by atoms with Gasteiger partial charge in [0, 0.05) is 19.7 Å². The molecule has 0 aromatic carbocycles. The third kappa shape index (κ3) is 4.47. The Morgan fingerprint density at radius 2 is 2.12 bits per heavy atom. The first-order valence-corrected chi connectivity index (χ1v) is 5.77. The number of likely N-dealkylation sites (tertiary alicyclic amines) is 1. The fourth-order valence-electron chi connectivity index (χ4n) is 2.13. The van der Waals surface area contributed by atoms with E-state index in [2.05, 4.69) is 11.9 Å². The SMILES string of the molecule is COCCN(CC(=O)O)C1CCN(C)CC1. The molecule has 1 aliphatic heterocycles. The van der Waals surface area contributed by atoms with E-state index in [-0.39, 0.29) is 6.54 Å². The van der Waals surface area contributed by atoms with Gasteiger partial charge in [0.15, 0.2) is 0 Å². The van der Waals surface area contributed by atoms with Crippen LogP contribution in [0.5, 0.6) is 0 Å². The van der Waals surface area contributed by atoms with Gasteiger partial charge < -0.3 is 14.7 Å². The first-order valence-electron chi connectivity index (χ1n) is 5.77. The van der Waals surface area contributed by atoms with Gasteiger partial charge in [0.25, 0.3) is 0 Å². The maximum absolute atomic E-state index is 10.8. The molecule has 0 unspecified atom stereocenters. The van der Waals surface area contributed by atoms with Crippen LogP contribution in [-0.4, -0.2) is 73.9 Å². The van der Waals surface area contributed by atoms with Crippen molar-refractivity contribution in [3.8, 4) is 0 Å². The number of carboxylic acid groups (broad SMARTS) is 1. The number of nitrogens with zero attached hydrogens (tertiary/aromatic N) is 2. The Hall–Kier alpha value is -0.650. The van der Waals surface area contributed by atoms with E-state index in [1.54, 1.807) is 7.11 Å².